The van der Waals surface area contributed by atoms with Crippen molar-refractivity contribution in [2.45, 2.75) is 37.0 Å². The second-order valence-corrected chi connectivity index (χ2v) is 6.97. The molecule has 5 heteroatoms. The minimum absolute atomic E-state index is 0.0398. The molecule has 0 radical (unpaired) electrons. The highest BCUT2D eigenvalue weighted by atomic mass is 19.4. The van der Waals surface area contributed by atoms with E-state index in [1.54, 1.807) is 6.07 Å². The molecule has 0 aromatic heterocycles. The zero-order chi connectivity index (χ0) is 17.4. The molecule has 1 saturated carbocycles. The summed E-state index contributed by atoms with van der Waals surface area (Å²) in [6.07, 6.45) is -2.51. The third-order valence-electron chi connectivity index (χ3n) is 5.17. The Bertz CT molecular complexity index is 736. The summed E-state index contributed by atoms with van der Waals surface area (Å²) >= 11 is 0. The summed E-state index contributed by atoms with van der Waals surface area (Å²) in [5, 5.41) is 6.78. The number of rotatable bonds is 4. The number of alkyl halides is 3. The van der Waals surface area contributed by atoms with Gasteiger partial charge < -0.3 is 10.6 Å². The van der Waals surface area contributed by atoms with Gasteiger partial charge >= 0.3 is 6.18 Å². The minimum Gasteiger partial charge on any atom is -0.315 e. The topological polar surface area (TPSA) is 24.1 Å². The summed E-state index contributed by atoms with van der Waals surface area (Å²) < 4.78 is 40.9. The Labute approximate surface area is 145 Å². The van der Waals surface area contributed by atoms with Crippen molar-refractivity contribution in [2.75, 3.05) is 13.1 Å². The standard InChI is InChI=1S/C20H21F3N2/c21-20(22,23)18-10-14(13-4-2-1-3-5-13)6-7-16(18)17-11-19(17)25-15-8-9-24-12-15/h1-7,10,15,17,19,24-25H,8-9,11-12H2. The lowest BCUT2D eigenvalue weighted by molar-refractivity contribution is -0.138. The van der Waals surface area contributed by atoms with E-state index < -0.39 is 11.7 Å². The highest BCUT2D eigenvalue weighted by Crippen LogP contribution is 2.47. The summed E-state index contributed by atoms with van der Waals surface area (Å²) in [4.78, 5) is 0. The number of halogens is 3. The number of hydrogen-bond acceptors (Lipinski definition) is 2. The van der Waals surface area contributed by atoms with Gasteiger partial charge in [0.1, 0.15) is 0 Å². The molecule has 0 bridgehead atoms. The van der Waals surface area contributed by atoms with Crippen LogP contribution in [0.25, 0.3) is 11.1 Å². The van der Waals surface area contributed by atoms with Crippen LogP contribution < -0.4 is 10.6 Å². The van der Waals surface area contributed by atoms with Gasteiger partial charge in [-0.05, 0) is 42.1 Å². The van der Waals surface area contributed by atoms with Gasteiger partial charge in [0.05, 0.1) is 5.56 Å². The molecule has 1 heterocycles. The lowest BCUT2D eigenvalue weighted by Gasteiger charge is -2.16. The third-order valence-corrected chi connectivity index (χ3v) is 5.17. The Kier molecular flexibility index (Phi) is 4.29. The Balaban J connectivity index is 1.60. The Morgan fingerprint density at radius 1 is 1.00 bits per heavy atom. The van der Waals surface area contributed by atoms with Crippen LogP contribution in [-0.2, 0) is 6.18 Å². The fourth-order valence-corrected chi connectivity index (χ4v) is 3.76. The number of benzene rings is 2. The average molecular weight is 346 g/mol. The Hall–Kier alpha value is -1.85. The lowest BCUT2D eigenvalue weighted by Crippen LogP contribution is -2.33. The monoisotopic (exact) mass is 346 g/mol. The summed E-state index contributed by atoms with van der Waals surface area (Å²) in [5.74, 6) is -0.0398. The quantitative estimate of drug-likeness (QED) is 0.868. The molecule has 2 N–H and O–H groups in total. The van der Waals surface area contributed by atoms with Crippen molar-refractivity contribution in [3.8, 4) is 11.1 Å². The second kappa shape index (κ2) is 6.46. The van der Waals surface area contributed by atoms with E-state index in [1.807, 2.05) is 36.4 Å². The van der Waals surface area contributed by atoms with E-state index in [9.17, 15) is 13.2 Å². The van der Waals surface area contributed by atoms with Crippen molar-refractivity contribution in [3.63, 3.8) is 0 Å². The number of nitrogens with one attached hydrogen (secondary N) is 2. The van der Waals surface area contributed by atoms with Crippen LogP contribution in [0.5, 0.6) is 0 Å². The van der Waals surface area contributed by atoms with Crippen molar-refractivity contribution in [1.29, 1.82) is 0 Å². The molecule has 2 aromatic carbocycles. The summed E-state index contributed by atoms with van der Waals surface area (Å²) in [7, 11) is 0. The second-order valence-electron chi connectivity index (χ2n) is 6.97. The van der Waals surface area contributed by atoms with Gasteiger partial charge in [-0.1, -0.05) is 42.5 Å². The molecule has 1 aliphatic carbocycles. The van der Waals surface area contributed by atoms with Gasteiger partial charge in [0.15, 0.2) is 0 Å². The first-order chi connectivity index (χ1) is 12.0. The van der Waals surface area contributed by atoms with Crippen molar-refractivity contribution in [3.05, 3.63) is 59.7 Å². The zero-order valence-corrected chi connectivity index (χ0v) is 13.8. The molecule has 25 heavy (non-hydrogen) atoms. The zero-order valence-electron chi connectivity index (χ0n) is 13.8. The van der Waals surface area contributed by atoms with E-state index in [-0.39, 0.29) is 12.0 Å². The molecule has 0 spiro atoms. The minimum atomic E-state index is -4.33. The van der Waals surface area contributed by atoms with Gasteiger partial charge in [0.2, 0.25) is 0 Å². The third kappa shape index (κ3) is 3.58. The Morgan fingerprint density at radius 3 is 2.48 bits per heavy atom. The van der Waals surface area contributed by atoms with Crippen LogP contribution >= 0.6 is 0 Å². The van der Waals surface area contributed by atoms with Gasteiger partial charge in [-0.2, -0.15) is 13.2 Å². The van der Waals surface area contributed by atoms with Crippen molar-refractivity contribution < 1.29 is 13.2 Å². The predicted molar refractivity (Wildman–Crippen MR) is 92.4 cm³/mol. The van der Waals surface area contributed by atoms with Crippen LogP contribution in [0.3, 0.4) is 0 Å². The molecule has 1 saturated heterocycles. The number of hydrogen-bond donors (Lipinski definition) is 2. The van der Waals surface area contributed by atoms with E-state index in [0.717, 1.165) is 31.5 Å². The maximum Gasteiger partial charge on any atom is 0.416 e. The highest BCUT2D eigenvalue weighted by Gasteiger charge is 2.45. The molecule has 2 aromatic rings. The molecule has 132 valence electrons. The van der Waals surface area contributed by atoms with Crippen molar-refractivity contribution in [2.24, 2.45) is 0 Å². The van der Waals surface area contributed by atoms with Crippen LogP contribution in [0.1, 0.15) is 29.9 Å². The first-order valence-corrected chi connectivity index (χ1v) is 8.76. The average Bonchev–Trinajstić information content (AvgIpc) is 3.16. The molecule has 1 aliphatic heterocycles. The molecule has 4 rings (SSSR count). The SMILES string of the molecule is FC(F)(F)c1cc(-c2ccccc2)ccc1C1CC1NC1CCNC1. The van der Waals surface area contributed by atoms with Crippen molar-refractivity contribution >= 4 is 0 Å². The van der Waals surface area contributed by atoms with Gasteiger partial charge in [-0.15, -0.1) is 0 Å². The molecular formula is C20H21F3N2. The van der Waals surface area contributed by atoms with Gasteiger partial charge in [0.25, 0.3) is 0 Å². The van der Waals surface area contributed by atoms with Crippen LogP contribution in [-0.4, -0.2) is 25.2 Å². The van der Waals surface area contributed by atoms with Gasteiger partial charge in [-0.3, -0.25) is 0 Å². The predicted octanol–water partition coefficient (Wildman–Crippen LogP) is 4.18. The molecule has 0 amide bonds. The molecule has 2 nitrogen and oxygen atoms in total. The van der Waals surface area contributed by atoms with Crippen LogP contribution in [0.4, 0.5) is 13.2 Å². The van der Waals surface area contributed by atoms with E-state index in [0.29, 0.717) is 17.2 Å². The van der Waals surface area contributed by atoms with Crippen LogP contribution in [0.2, 0.25) is 0 Å². The fourth-order valence-electron chi connectivity index (χ4n) is 3.76. The molecule has 3 atom stereocenters. The fraction of sp³-hybridized carbons (Fsp3) is 0.400. The maximum absolute atomic E-state index is 13.6. The maximum atomic E-state index is 13.6. The van der Waals surface area contributed by atoms with E-state index in [4.69, 9.17) is 0 Å². The summed E-state index contributed by atoms with van der Waals surface area (Å²) in [5.41, 5.74) is 1.35. The summed E-state index contributed by atoms with van der Waals surface area (Å²) in [6, 6.07) is 14.5. The molecule has 3 unspecified atom stereocenters. The molecular weight excluding hydrogens is 325 g/mol. The lowest BCUT2D eigenvalue weighted by atomic mass is 9.96. The largest absolute Gasteiger partial charge is 0.416 e. The summed E-state index contributed by atoms with van der Waals surface area (Å²) in [6.45, 7) is 1.89. The van der Waals surface area contributed by atoms with E-state index in [1.165, 1.54) is 6.07 Å². The molecule has 2 fully saturated rings. The van der Waals surface area contributed by atoms with Crippen LogP contribution in [0, 0.1) is 0 Å². The molecule has 2 aliphatic rings. The Morgan fingerprint density at radius 2 is 1.80 bits per heavy atom. The normalized spacial score (nSPS) is 26.0. The van der Waals surface area contributed by atoms with E-state index in [2.05, 4.69) is 10.6 Å². The van der Waals surface area contributed by atoms with Gasteiger partial charge in [-0.25, -0.2) is 0 Å². The van der Waals surface area contributed by atoms with Crippen molar-refractivity contribution in [1.82, 2.24) is 10.6 Å². The first-order valence-electron chi connectivity index (χ1n) is 8.76. The van der Waals surface area contributed by atoms with Gasteiger partial charge in [0, 0.05) is 24.5 Å². The van der Waals surface area contributed by atoms with Crippen LogP contribution in [0.15, 0.2) is 48.5 Å². The first kappa shape index (κ1) is 16.6. The smallest absolute Gasteiger partial charge is 0.315 e. The highest BCUT2D eigenvalue weighted by molar-refractivity contribution is 5.65. The van der Waals surface area contributed by atoms with E-state index >= 15 is 0 Å².